The molecule has 2 rings (SSSR count). The van der Waals surface area contributed by atoms with E-state index in [1.54, 1.807) is 13.0 Å². The number of hydrogen-bond acceptors (Lipinski definition) is 8. The second-order valence-corrected chi connectivity index (χ2v) is 5.14. The fourth-order valence-corrected chi connectivity index (χ4v) is 2.09. The van der Waals surface area contributed by atoms with E-state index in [1.807, 2.05) is 5.43 Å². The van der Waals surface area contributed by atoms with E-state index in [0.717, 1.165) is 18.2 Å². The van der Waals surface area contributed by atoms with Gasteiger partial charge in [-0.15, -0.1) is 0 Å². The Hall–Kier alpha value is -4.22. The number of non-ortho nitro benzene ring substituents is 1. The molecule has 28 heavy (non-hydrogen) atoms. The summed E-state index contributed by atoms with van der Waals surface area (Å²) < 4.78 is 11.0. The van der Waals surface area contributed by atoms with E-state index in [0.29, 0.717) is 5.56 Å². The van der Waals surface area contributed by atoms with Crippen LogP contribution in [0.25, 0.3) is 0 Å². The molecule has 0 heterocycles. The van der Waals surface area contributed by atoms with Crippen molar-refractivity contribution in [2.24, 2.45) is 10.8 Å². The van der Waals surface area contributed by atoms with Crippen molar-refractivity contribution in [3.8, 4) is 17.2 Å². The van der Waals surface area contributed by atoms with Gasteiger partial charge < -0.3 is 15.2 Å². The van der Waals surface area contributed by atoms with Gasteiger partial charge in [0.25, 0.3) is 5.69 Å². The number of urea groups is 1. The first-order chi connectivity index (χ1) is 13.3. The molecule has 0 aliphatic carbocycles. The van der Waals surface area contributed by atoms with Gasteiger partial charge in [0.2, 0.25) is 5.75 Å². The number of carbonyl (C=O) groups excluding carboxylic acids is 1. The number of ether oxygens (including phenoxy) is 2. The van der Waals surface area contributed by atoms with Crippen molar-refractivity contribution in [3.63, 3.8) is 0 Å². The number of nitro groups is 2. The van der Waals surface area contributed by atoms with E-state index >= 15 is 0 Å². The monoisotopic (exact) mass is 389 g/mol. The average Bonchev–Trinajstić information content (AvgIpc) is 2.63. The van der Waals surface area contributed by atoms with Crippen molar-refractivity contribution in [3.05, 3.63) is 62.2 Å². The molecule has 0 fully saturated rings. The molecule has 0 saturated carbocycles. The summed E-state index contributed by atoms with van der Waals surface area (Å²) in [7, 11) is 0. The predicted octanol–water partition coefficient (Wildman–Crippen LogP) is 2.70. The van der Waals surface area contributed by atoms with Gasteiger partial charge in [0.05, 0.1) is 28.7 Å². The normalized spacial score (nSPS) is 10.5. The van der Waals surface area contributed by atoms with Crippen LogP contribution in [-0.4, -0.2) is 28.7 Å². The minimum atomic E-state index is -0.827. The van der Waals surface area contributed by atoms with E-state index in [9.17, 15) is 25.0 Å². The predicted molar refractivity (Wildman–Crippen MR) is 97.7 cm³/mol. The molecule has 0 spiro atoms. The van der Waals surface area contributed by atoms with E-state index in [1.165, 1.54) is 18.3 Å². The zero-order valence-electron chi connectivity index (χ0n) is 14.5. The topological polar surface area (TPSA) is 172 Å². The Morgan fingerprint density at radius 2 is 1.86 bits per heavy atom. The van der Waals surface area contributed by atoms with Crippen LogP contribution in [0.3, 0.4) is 0 Å². The van der Waals surface area contributed by atoms with E-state index < -0.39 is 27.3 Å². The Labute approximate surface area is 157 Å². The third-order valence-corrected chi connectivity index (χ3v) is 3.23. The van der Waals surface area contributed by atoms with Crippen LogP contribution in [-0.2, 0) is 0 Å². The molecule has 2 amide bonds. The molecule has 0 aliphatic rings. The zero-order chi connectivity index (χ0) is 20.7. The van der Waals surface area contributed by atoms with Gasteiger partial charge >= 0.3 is 11.7 Å². The fraction of sp³-hybridized carbons (Fsp3) is 0.125. The molecular formula is C16H15N5O7. The Bertz CT molecular complexity index is 945. The van der Waals surface area contributed by atoms with Gasteiger partial charge in [-0.3, -0.25) is 20.2 Å². The van der Waals surface area contributed by atoms with E-state index in [-0.39, 0.29) is 23.9 Å². The molecule has 0 unspecified atom stereocenters. The summed E-state index contributed by atoms with van der Waals surface area (Å²) in [5.74, 6) is 0.213. The van der Waals surface area contributed by atoms with Gasteiger partial charge in [-0.05, 0) is 36.8 Å². The molecule has 0 saturated heterocycles. The highest BCUT2D eigenvalue weighted by Gasteiger charge is 2.22. The van der Waals surface area contributed by atoms with Crippen LogP contribution in [0.5, 0.6) is 17.2 Å². The SMILES string of the molecule is CCOc1cc(C=NNC(N)=O)ccc1Oc1ccc([N+](=O)[O-])cc1[N+](=O)[O-]. The molecular weight excluding hydrogens is 374 g/mol. The average molecular weight is 389 g/mol. The molecule has 12 heteroatoms. The van der Waals surface area contributed by atoms with E-state index in [4.69, 9.17) is 15.2 Å². The highest BCUT2D eigenvalue weighted by atomic mass is 16.6. The maximum atomic E-state index is 11.2. The molecule has 0 atom stereocenters. The third kappa shape index (κ3) is 5.14. The first-order valence-electron chi connectivity index (χ1n) is 7.78. The second-order valence-electron chi connectivity index (χ2n) is 5.14. The van der Waals surface area contributed by atoms with Gasteiger partial charge in [0.1, 0.15) is 0 Å². The Morgan fingerprint density at radius 3 is 2.46 bits per heavy atom. The van der Waals surface area contributed by atoms with Crippen LogP contribution in [0.4, 0.5) is 16.2 Å². The Kier molecular flexibility index (Phi) is 6.41. The van der Waals surface area contributed by atoms with Crippen molar-refractivity contribution in [2.45, 2.75) is 6.92 Å². The molecule has 146 valence electrons. The number of nitro benzene ring substituents is 2. The van der Waals surface area contributed by atoms with Crippen LogP contribution < -0.4 is 20.6 Å². The lowest BCUT2D eigenvalue weighted by Gasteiger charge is -2.12. The zero-order valence-corrected chi connectivity index (χ0v) is 14.5. The highest BCUT2D eigenvalue weighted by molar-refractivity contribution is 5.82. The first-order valence-corrected chi connectivity index (χ1v) is 7.78. The lowest BCUT2D eigenvalue weighted by Crippen LogP contribution is -2.24. The van der Waals surface area contributed by atoms with Crippen molar-refractivity contribution in [1.29, 1.82) is 0 Å². The quantitative estimate of drug-likeness (QED) is 0.396. The number of rotatable bonds is 8. The summed E-state index contributed by atoms with van der Waals surface area (Å²) in [5.41, 5.74) is 6.48. The third-order valence-electron chi connectivity index (χ3n) is 3.23. The molecule has 0 radical (unpaired) electrons. The maximum absolute atomic E-state index is 11.2. The minimum absolute atomic E-state index is 0.152. The molecule has 0 aromatic heterocycles. The van der Waals surface area contributed by atoms with Crippen molar-refractivity contribution >= 4 is 23.6 Å². The number of carbonyl (C=O) groups is 1. The van der Waals surface area contributed by atoms with Crippen molar-refractivity contribution < 1.29 is 24.1 Å². The number of hydrazone groups is 1. The van der Waals surface area contributed by atoms with Crippen LogP contribution in [0.2, 0.25) is 0 Å². The van der Waals surface area contributed by atoms with Crippen LogP contribution in [0.15, 0.2) is 41.5 Å². The summed E-state index contributed by atoms with van der Waals surface area (Å²) in [4.78, 5) is 31.2. The summed E-state index contributed by atoms with van der Waals surface area (Å²) in [6.45, 7) is 2.01. The van der Waals surface area contributed by atoms with Gasteiger partial charge in [0, 0.05) is 6.07 Å². The number of nitrogens with zero attached hydrogens (tertiary/aromatic N) is 3. The molecule has 0 bridgehead atoms. The molecule has 2 aromatic carbocycles. The summed E-state index contributed by atoms with van der Waals surface area (Å²) >= 11 is 0. The maximum Gasteiger partial charge on any atom is 0.332 e. The van der Waals surface area contributed by atoms with Crippen molar-refractivity contribution in [2.75, 3.05) is 6.61 Å². The standard InChI is InChI=1S/C16H15N5O7/c1-2-27-15-7-10(9-18-19-16(17)22)3-5-14(15)28-13-6-4-11(20(23)24)8-12(13)21(25)26/h3-9H,2H2,1H3,(H3,17,19,22). The highest BCUT2D eigenvalue weighted by Crippen LogP contribution is 2.38. The van der Waals surface area contributed by atoms with Gasteiger partial charge in [0.15, 0.2) is 11.5 Å². The largest absolute Gasteiger partial charge is 0.490 e. The molecule has 3 N–H and O–H groups in total. The lowest BCUT2D eigenvalue weighted by molar-refractivity contribution is -0.394. The molecule has 12 nitrogen and oxygen atoms in total. The Balaban J connectivity index is 2.37. The van der Waals surface area contributed by atoms with Gasteiger partial charge in [-0.25, -0.2) is 10.2 Å². The first kappa shape index (κ1) is 20.1. The van der Waals surface area contributed by atoms with Gasteiger partial charge in [-0.2, -0.15) is 5.10 Å². The van der Waals surface area contributed by atoms with Crippen LogP contribution in [0.1, 0.15) is 12.5 Å². The number of hydrogen-bond donors (Lipinski definition) is 2. The number of primary amides is 1. The number of benzene rings is 2. The lowest BCUT2D eigenvalue weighted by atomic mass is 10.2. The number of nitrogens with one attached hydrogen (secondary N) is 1. The smallest absolute Gasteiger partial charge is 0.332 e. The van der Waals surface area contributed by atoms with Crippen LogP contribution in [0, 0.1) is 20.2 Å². The second kappa shape index (κ2) is 8.93. The van der Waals surface area contributed by atoms with Crippen molar-refractivity contribution in [1.82, 2.24) is 5.43 Å². The summed E-state index contributed by atoms with van der Waals surface area (Å²) in [5, 5.41) is 25.7. The number of amides is 2. The molecule has 0 aliphatic heterocycles. The van der Waals surface area contributed by atoms with Crippen LogP contribution >= 0.6 is 0 Å². The Morgan fingerprint density at radius 1 is 1.14 bits per heavy atom. The van der Waals surface area contributed by atoms with E-state index in [2.05, 4.69) is 5.10 Å². The summed E-state index contributed by atoms with van der Waals surface area (Å²) in [6, 6.07) is 6.78. The fourth-order valence-electron chi connectivity index (χ4n) is 2.09. The molecule has 2 aromatic rings. The number of nitrogens with two attached hydrogens (primary N) is 1. The summed E-state index contributed by atoms with van der Waals surface area (Å²) in [6.07, 6.45) is 1.31. The minimum Gasteiger partial charge on any atom is -0.490 e. The van der Waals surface area contributed by atoms with Gasteiger partial charge in [-0.1, -0.05) is 0 Å².